The molecule has 0 unspecified atom stereocenters. The van der Waals surface area contributed by atoms with E-state index < -0.39 is 7.59 Å². The van der Waals surface area contributed by atoms with E-state index in [1.165, 1.54) is 0 Å². The van der Waals surface area contributed by atoms with E-state index in [1.807, 2.05) is 36.4 Å². The maximum Gasteiger partial charge on any atom is 0.216 e. The van der Waals surface area contributed by atoms with Crippen LogP contribution in [-0.4, -0.2) is 0 Å². The first-order valence-corrected chi connectivity index (χ1v) is 8.26. The highest BCUT2D eigenvalue weighted by atomic mass is 35.6. The zero-order valence-electron chi connectivity index (χ0n) is 10.6. The summed E-state index contributed by atoms with van der Waals surface area (Å²) in [6.45, 7) is 0. The zero-order chi connectivity index (χ0) is 15.7. The molecule has 0 fully saturated rings. The van der Waals surface area contributed by atoms with Crippen molar-refractivity contribution in [3.63, 3.8) is 0 Å². The van der Waals surface area contributed by atoms with E-state index >= 15 is 0 Å². The lowest BCUT2D eigenvalue weighted by Crippen LogP contribution is -2.09. The molecule has 0 aliphatic rings. The van der Waals surface area contributed by atoms with Crippen molar-refractivity contribution >= 4 is 69.6 Å². The molecule has 2 rings (SSSR count). The number of benzene rings is 2. The lowest BCUT2D eigenvalue weighted by atomic mass is 9.97. The van der Waals surface area contributed by atoms with E-state index in [9.17, 15) is 0 Å². The molecule has 0 spiro atoms. The SMILES string of the molecule is ClC(Cl)(Cl)c1ccccc1Cc1ccccc1C(Cl)(Cl)Cl. The van der Waals surface area contributed by atoms with Crippen LogP contribution in [0.3, 0.4) is 0 Å². The predicted molar refractivity (Wildman–Crippen MR) is 94.2 cm³/mol. The molecule has 2 aromatic rings. The molecule has 0 radical (unpaired) electrons. The Morgan fingerprint density at radius 1 is 0.571 bits per heavy atom. The van der Waals surface area contributed by atoms with Crippen molar-refractivity contribution in [2.24, 2.45) is 0 Å². The lowest BCUT2D eigenvalue weighted by Gasteiger charge is -2.20. The van der Waals surface area contributed by atoms with Gasteiger partial charge < -0.3 is 0 Å². The maximum atomic E-state index is 6.01. The number of rotatable bonds is 2. The fourth-order valence-electron chi connectivity index (χ4n) is 2.11. The third-order valence-electron chi connectivity index (χ3n) is 3.03. The van der Waals surface area contributed by atoms with E-state index in [1.54, 1.807) is 12.1 Å². The van der Waals surface area contributed by atoms with Gasteiger partial charge >= 0.3 is 0 Å². The minimum absolute atomic E-state index is 0.508. The third-order valence-corrected chi connectivity index (χ3v) is 4.25. The first kappa shape index (κ1) is 17.5. The van der Waals surface area contributed by atoms with Gasteiger partial charge in [-0.3, -0.25) is 0 Å². The average Bonchev–Trinajstić information content (AvgIpc) is 2.37. The van der Waals surface area contributed by atoms with Gasteiger partial charge in [-0.05, 0) is 17.5 Å². The first-order chi connectivity index (χ1) is 9.69. The molecule has 0 N–H and O–H groups in total. The third kappa shape index (κ3) is 4.58. The number of hydrogen-bond acceptors (Lipinski definition) is 0. The molecule has 6 heteroatoms. The Morgan fingerprint density at radius 2 is 0.905 bits per heavy atom. The topological polar surface area (TPSA) is 0 Å². The Morgan fingerprint density at radius 3 is 1.24 bits per heavy atom. The van der Waals surface area contributed by atoms with Crippen LogP contribution in [0, 0.1) is 0 Å². The second-order valence-electron chi connectivity index (χ2n) is 4.49. The smallest absolute Gasteiger partial charge is 0.0784 e. The van der Waals surface area contributed by atoms with Gasteiger partial charge in [0.25, 0.3) is 0 Å². The largest absolute Gasteiger partial charge is 0.216 e. The molecular formula is C15H10Cl6. The van der Waals surface area contributed by atoms with Gasteiger partial charge in [-0.2, -0.15) is 0 Å². The van der Waals surface area contributed by atoms with Crippen LogP contribution < -0.4 is 0 Å². The van der Waals surface area contributed by atoms with Crippen molar-refractivity contribution in [2.45, 2.75) is 14.0 Å². The summed E-state index contributed by atoms with van der Waals surface area (Å²) >= 11 is 36.1. The van der Waals surface area contributed by atoms with Crippen LogP contribution in [0.4, 0.5) is 0 Å². The van der Waals surface area contributed by atoms with Gasteiger partial charge in [-0.25, -0.2) is 0 Å². The highest BCUT2D eigenvalue weighted by Gasteiger charge is 2.28. The normalized spacial score (nSPS) is 12.5. The van der Waals surface area contributed by atoms with Crippen LogP contribution in [0.5, 0.6) is 0 Å². The van der Waals surface area contributed by atoms with Gasteiger partial charge in [0.2, 0.25) is 7.59 Å². The van der Waals surface area contributed by atoms with Crippen LogP contribution in [0.2, 0.25) is 0 Å². The Labute approximate surface area is 153 Å². The molecule has 0 nitrogen and oxygen atoms in total. The van der Waals surface area contributed by atoms with Gasteiger partial charge in [-0.1, -0.05) is 118 Å². The lowest BCUT2D eigenvalue weighted by molar-refractivity contribution is 1.06. The molecule has 0 saturated carbocycles. The molecular weight excluding hydrogens is 393 g/mol. The monoisotopic (exact) mass is 400 g/mol. The summed E-state index contributed by atoms with van der Waals surface area (Å²) in [5.41, 5.74) is 2.99. The average molecular weight is 403 g/mol. The predicted octanol–water partition coefficient (Wildman–Crippen LogP) is 6.93. The number of hydrogen-bond donors (Lipinski definition) is 0. The van der Waals surface area contributed by atoms with Crippen molar-refractivity contribution in [2.75, 3.05) is 0 Å². The minimum atomic E-state index is -1.49. The van der Waals surface area contributed by atoms with E-state index in [2.05, 4.69) is 0 Å². The van der Waals surface area contributed by atoms with Crippen molar-refractivity contribution < 1.29 is 0 Å². The molecule has 0 heterocycles. The Hall–Kier alpha value is 0.180. The van der Waals surface area contributed by atoms with Crippen LogP contribution >= 0.6 is 69.6 Å². The summed E-state index contributed by atoms with van der Waals surface area (Å²) in [7, 11) is 0. The molecule has 0 atom stereocenters. The van der Waals surface area contributed by atoms with Crippen LogP contribution in [0.1, 0.15) is 22.3 Å². The number of alkyl halides is 6. The molecule has 0 aromatic heterocycles. The van der Waals surface area contributed by atoms with Crippen molar-refractivity contribution in [3.8, 4) is 0 Å². The van der Waals surface area contributed by atoms with E-state index in [-0.39, 0.29) is 0 Å². The fraction of sp³-hybridized carbons (Fsp3) is 0.200. The molecule has 112 valence electrons. The van der Waals surface area contributed by atoms with Crippen molar-refractivity contribution in [3.05, 3.63) is 70.8 Å². The van der Waals surface area contributed by atoms with Crippen LogP contribution in [-0.2, 0) is 14.0 Å². The molecule has 0 amide bonds. The molecule has 2 aromatic carbocycles. The maximum absolute atomic E-state index is 6.01. The summed E-state index contributed by atoms with van der Waals surface area (Å²) in [5, 5.41) is 0. The van der Waals surface area contributed by atoms with Gasteiger partial charge in [0.15, 0.2) is 0 Å². The summed E-state index contributed by atoms with van der Waals surface area (Å²) in [6, 6.07) is 14.8. The Kier molecular flexibility index (Phi) is 5.63. The van der Waals surface area contributed by atoms with E-state index in [4.69, 9.17) is 69.6 Å². The fourth-order valence-corrected chi connectivity index (χ4v) is 3.21. The summed E-state index contributed by atoms with van der Waals surface area (Å²) in [6.07, 6.45) is 0.508. The van der Waals surface area contributed by atoms with Crippen LogP contribution in [0.15, 0.2) is 48.5 Å². The zero-order valence-corrected chi connectivity index (χ0v) is 15.1. The summed E-state index contributed by atoms with van der Waals surface area (Å²) in [4.78, 5) is 0. The van der Waals surface area contributed by atoms with Crippen molar-refractivity contribution in [1.82, 2.24) is 0 Å². The first-order valence-electron chi connectivity index (χ1n) is 6.00. The van der Waals surface area contributed by atoms with Gasteiger partial charge in [-0.15, -0.1) is 0 Å². The Balaban J connectivity index is 2.45. The molecule has 21 heavy (non-hydrogen) atoms. The van der Waals surface area contributed by atoms with Gasteiger partial charge in [0.1, 0.15) is 0 Å². The van der Waals surface area contributed by atoms with Gasteiger partial charge in [0.05, 0.1) is 0 Å². The standard InChI is InChI=1S/C15H10Cl6/c16-14(17,18)12-7-3-1-5-10(12)9-11-6-2-4-8-13(11)15(19,20)21/h1-8H,9H2. The minimum Gasteiger partial charge on any atom is -0.0784 e. The molecule has 0 saturated heterocycles. The quantitative estimate of drug-likeness (QED) is 0.477. The summed E-state index contributed by atoms with van der Waals surface area (Å²) in [5.74, 6) is 0. The molecule has 0 bridgehead atoms. The highest BCUT2D eigenvalue weighted by molar-refractivity contribution is 6.67. The summed E-state index contributed by atoms with van der Waals surface area (Å²) < 4.78 is -2.99. The van der Waals surface area contributed by atoms with Crippen LogP contribution in [0.25, 0.3) is 0 Å². The molecule has 0 aliphatic heterocycles. The number of halogens is 6. The second-order valence-corrected chi connectivity index (χ2v) is 9.05. The van der Waals surface area contributed by atoms with Gasteiger partial charge in [0, 0.05) is 11.1 Å². The van der Waals surface area contributed by atoms with E-state index in [0.29, 0.717) is 17.5 Å². The van der Waals surface area contributed by atoms with E-state index in [0.717, 1.165) is 11.1 Å². The highest BCUT2D eigenvalue weighted by Crippen LogP contribution is 2.43. The molecule has 0 aliphatic carbocycles. The Bertz CT molecular complexity index is 569. The second kappa shape index (κ2) is 6.74. The van der Waals surface area contributed by atoms with Crippen molar-refractivity contribution in [1.29, 1.82) is 0 Å².